The van der Waals surface area contributed by atoms with E-state index in [9.17, 15) is 0 Å². The van der Waals surface area contributed by atoms with E-state index in [0.29, 0.717) is 0 Å². The predicted octanol–water partition coefficient (Wildman–Crippen LogP) is 1.57. The molecule has 5 aromatic carbocycles. The summed E-state index contributed by atoms with van der Waals surface area (Å²) in [5, 5.41) is 5.35. The maximum atomic E-state index is 7.19. The normalized spacial score (nSPS) is 25.3. The van der Waals surface area contributed by atoms with Crippen molar-refractivity contribution in [2.45, 2.75) is 6.55 Å². The Hall–Kier alpha value is -3.02. The van der Waals surface area contributed by atoms with E-state index in [2.05, 4.69) is 67.2 Å². The molecular formula is C31H32O5Si5. The topological polar surface area (TPSA) is 46.2 Å². The Morgan fingerprint density at radius 3 is 0.976 bits per heavy atom. The highest BCUT2D eigenvalue weighted by Gasteiger charge is 2.45. The molecule has 10 heteroatoms. The number of hydrogen-bond acceptors (Lipinski definition) is 5. The summed E-state index contributed by atoms with van der Waals surface area (Å²) in [4.78, 5) is 0. The molecule has 1 aliphatic heterocycles. The molecule has 1 fully saturated rings. The van der Waals surface area contributed by atoms with Crippen LogP contribution in [0.1, 0.15) is 0 Å². The van der Waals surface area contributed by atoms with E-state index in [1.54, 1.807) is 0 Å². The van der Waals surface area contributed by atoms with Crippen molar-refractivity contribution in [2.75, 3.05) is 0 Å². The molecule has 1 saturated heterocycles. The van der Waals surface area contributed by atoms with Crippen LogP contribution in [0.25, 0.3) is 0 Å². The smallest absolute Gasteiger partial charge is 0.351 e. The van der Waals surface area contributed by atoms with Crippen molar-refractivity contribution >= 4 is 71.6 Å². The lowest BCUT2D eigenvalue weighted by Gasteiger charge is -2.39. The summed E-state index contributed by atoms with van der Waals surface area (Å²) >= 11 is 0. The third kappa shape index (κ3) is 6.90. The van der Waals surface area contributed by atoms with Gasteiger partial charge in [0.05, 0.1) is 0 Å². The van der Waals surface area contributed by atoms with Crippen LogP contribution < -0.4 is 25.9 Å². The standard InChI is InChI=1S/C31H32O5Si5/c1-41(31-25-15-6-16-26-31)35-39(29-21-11-4-12-22-29)33-37(27-17-7-2-8-18-27)32-38(28-19-9-3-10-20-28)34-40(36-41)30-23-13-5-14-24-30/h2-26,37-40H,1H3. The Morgan fingerprint density at radius 2 is 0.634 bits per heavy atom. The Balaban J connectivity index is 1.51. The molecule has 6 rings (SSSR count). The van der Waals surface area contributed by atoms with Gasteiger partial charge in [0, 0.05) is 0 Å². The van der Waals surface area contributed by atoms with Crippen LogP contribution in [0.4, 0.5) is 0 Å². The van der Waals surface area contributed by atoms with Gasteiger partial charge >= 0.3 is 45.7 Å². The van der Waals surface area contributed by atoms with Gasteiger partial charge in [-0.2, -0.15) is 0 Å². The van der Waals surface area contributed by atoms with E-state index in [-0.39, 0.29) is 0 Å². The molecule has 0 amide bonds. The summed E-state index contributed by atoms with van der Waals surface area (Å²) in [6.45, 7) is 2.14. The molecule has 0 radical (unpaired) electrons. The first-order valence-corrected chi connectivity index (χ1v) is 22.1. The fraction of sp³-hybridized carbons (Fsp3) is 0.0323. The minimum Gasteiger partial charge on any atom is -0.413 e. The van der Waals surface area contributed by atoms with Gasteiger partial charge in [-0.05, 0) is 32.5 Å². The third-order valence-corrected chi connectivity index (χ3v) is 23.3. The molecule has 206 valence electrons. The van der Waals surface area contributed by atoms with Crippen LogP contribution in [0.3, 0.4) is 0 Å². The first-order chi connectivity index (χ1) is 20.2. The zero-order valence-corrected chi connectivity index (χ0v) is 28.4. The van der Waals surface area contributed by atoms with Crippen LogP contribution in [0, 0.1) is 0 Å². The molecule has 0 aromatic heterocycles. The number of benzene rings is 5. The Morgan fingerprint density at radius 1 is 0.366 bits per heavy atom. The van der Waals surface area contributed by atoms with Crippen LogP contribution in [-0.2, 0) is 20.6 Å². The van der Waals surface area contributed by atoms with Gasteiger partial charge in [-0.25, -0.2) is 0 Å². The first kappa shape index (κ1) is 28.1. The molecule has 4 atom stereocenters. The number of rotatable bonds is 5. The lowest BCUT2D eigenvalue weighted by Crippen LogP contribution is -2.66. The summed E-state index contributed by atoms with van der Waals surface area (Å²) in [7, 11) is -13.0. The highest BCUT2D eigenvalue weighted by Crippen LogP contribution is 2.17. The molecule has 5 nitrogen and oxygen atoms in total. The molecule has 0 saturated carbocycles. The van der Waals surface area contributed by atoms with Gasteiger partial charge in [0.1, 0.15) is 0 Å². The molecule has 0 N–H and O–H groups in total. The summed E-state index contributed by atoms with van der Waals surface area (Å²) in [5.41, 5.74) is 0. The van der Waals surface area contributed by atoms with Gasteiger partial charge in [-0.15, -0.1) is 0 Å². The molecule has 0 bridgehead atoms. The highest BCUT2D eigenvalue weighted by molar-refractivity contribution is 6.94. The van der Waals surface area contributed by atoms with E-state index in [1.165, 1.54) is 0 Å². The fourth-order valence-electron chi connectivity index (χ4n) is 4.82. The van der Waals surface area contributed by atoms with Gasteiger partial charge in [-0.3, -0.25) is 0 Å². The minimum atomic E-state index is -3.04. The van der Waals surface area contributed by atoms with Crippen molar-refractivity contribution in [3.05, 3.63) is 152 Å². The first-order valence-electron chi connectivity index (χ1n) is 13.8. The maximum absolute atomic E-state index is 7.19. The lowest BCUT2D eigenvalue weighted by molar-refractivity contribution is 0.297. The predicted molar refractivity (Wildman–Crippen MR) is 176 cm³/mol. The SMILES string of the molecule is C[Si]1(c2ccccc2)O[SiH](c2ccccc2)O[SiH](c2ccccc2)O[SiH](c2ccccc2)O[SiH](c2ccccc2)O1. The van der Waals surface area contributed by atoms with Crippen molar-refractivity contribution < 1.29 is 20.6 Å². The number of hydrogen-bond donors (Lipinski definition) is 0. The molecule has 41 heavy (non-hydrogen) atoms. The largest absolute Gasteiger partial charge is 0.413 e. The van der Waals surface area contributed by atoms with Crippen LogP contribution >= 0.6 is 0 Å². The van der Waals surface area contributed by atoms with E-state index in [1.807, 2.05) is 91.0 Å². The molecule has 1 heterocycles. The van der Waals surface area contributed by atoms with Crippen LogP contribution in [-0.4, -0.2) is 45.7 Å². The zero-order valence-electron chi connectivity index (χ0n) is 22.8. The Labute approximate surface area is 249 Å². The molecule has 0 aliphatic carbocycles. The van der Waals surface area contributed by atoms with Crippen LogP contribution in [0.15, 0.2) is 152 Å². The Bertz CT molecular complexity index is 1410. The summed E-state index contributed by atoms with van der Waals surface area (Å²) < 4.78 is 35.5. The average Bonchev–Trinajstić information content (AvgIpc) is 3.05. The van der Waals surface area contributed by atoms with Gasteiger partial charge in [0.15, 0.2) is 0 Å². The zero-order chi connectivity index (χ0) is 27.9. The summed E-state index contributed by atoms with van der Waals surface area (Å²) in [6, 6.07) is 51.6. The van der Waals surface area contributed by atoms with Crippen LogP contribution in [0.2, 0.25) is 6.55 Å². The molecular weight excluding hydrogens is 593 g/mol. The fourth-order valence-corrected chi connectivity index (χ4v) is 23.5. The second-order valence-corrected chi connectivity index (χ2v) is 22.9. The molecule has 0 spiro atoms. The van der Waals surface area contributed by atoms with Gasteiger partial charge in [-0.1, -0.05) is 152 Å². The van der Waals surface area contributed by atoms with Gasteiger partial charge in [0.25, 0.3) is 0 Å². The average molecular weight is 625 g/mol. The summed E-state index contributed by atoms with van der Waals surface area (Å²) in [5.74, 6) is 0. The van der Waals surface area contributed by atoms with Gasteiger partial charge < -0.3 is 20.6 Å². The van der Waals surface area contributed by atoms with Crippen molar-refractivity contribution in [3.63, 3.8) is 0 Å². The van der Waals surface area contributed by atoms with Crippen molar-refractivity contribution in [3.8, 4) is 0 Å². The van der Waals surface area contributed by atoms with Crippen molar-refractivity contribution in [2.24, 2.45) is 0 Å². The maximum Gasteiger partial charge on any atom is 0.351 e. The lowest BCUT2D eigenvalue weighted by atomic mass is 10.4. The van der Waals surface area contributed by atoms with E-state index >= 15 is 0 Å². The quantitative estimate of drug-likeness (QED) is 0.278. The van der Waals surface area contributed by atoms with E-state index in [4.69, 9.17) is 20.6 Å². The monoisotopic (exact) mass is 624 g/mol. The third-order valence-electron chi connectivity index (χ3n) is 6.99. The van der Waals surface area contributed by atoms with E-state index < -0.39 is 45.7 Å². The highest BCUT2D eigenvalue weighted by atomic mass is 28.5. The van der Waals surface area contributed by atoms with Crippen molar-refractivity contribution in [1.29, 1.82) is 0 Å². The second kappa shape index (κ2) is 13.3. The van der Waals surface area contributed by atoms with Crippen molar-refractivity contribution in [1.82, 2.24) is 0 Å². The van der Waals surface area contributed by atoms with Crippen LogP contribution in [0.5, 0.6) is 0 Å². The van der Waals surface area contributed by atoms with Gasteiger partial charge in [0.2, 0.25) is 0 Å². The van der Waals surface area contributed by atoms with E-state index in [0.717, 1.165) is 25.9 Å². The minimum absolute atomic E-state index is 1.06. The molecule has 1 aliphatic rings. The second-order valence-electron chi connectivity index (χ2n) is 9.93. The summed E-state index contributed by atoms with van der Waals surface area (Å²) in [6.07, 6.45) is 0. The molecule has 5 aromatic rings. The molecule has 4 unspecified atom stereocenters. The Kier molecular flexibility index (Phi) is 9.13.